The van der Waals surface area contributed by atoms with Crippen LogP contribution in [0.2, 0.25) is 0 Å². The summed E-state index contributed by atoms with van der Waals surface area (Å²) in [5.74, 6) is -0.564. The molecule has 4 amide bonds. The Labute approximate surface area is 318 Å². The zero-order valence-electron chi connectivity index (χ0n) is 30.8. The molecule has 6 aliphatic rings. The van der Waals surface area contributed by atoms with Gasteiger partial charge in [-0.3, -0.25) is 34.3 Å². The molecule has 55 heavy (non-hydrogen) atoms. The molecule has 0 saturated carbocycles. The molecule has 3 N–H and O–H groups in total. The Hall–Kier alpha value is -5.15. The molecule has 0 spiro atoms. The lowest BCUT2D eigenvalue weighted by molar-refractivity contribution is -0.136. The highest BCUT2D eigenvalue weighted by atomic mass is 19.1. The molecule has 1 aromatic heterocycles. The van der Waals surface area contributed by atoms with Crippen LogP contribution in [0.5, 0.6) is 5.75 Å². The summed E-state index contributed by atoms with van der Waals surface area (Å²) >= 11 is 0. The fourth-order valence-corrected chi connectivity index (χ4v) is 9.41. The summed E-state index contributed by atoms with van der Waals surface area (Å²) in [6, 6.07) is 13.6. The first-order valence-electron chi connectivity index (χ1n) is 19.5. The first-order valence-corrected chi connectivity index (χ1v) is 19.5. The number of alkyl halides is 1. The van der Waals surface area contributed by atoms with Crippen molar-refractivity contribution in [1.29, 1.82) is 0 Å². The molecule has 9 rings (SSSR count). The maximum atomic E-state index is 16.3. The minimum absolute atomic E-state index is 0.0701. The van der Waals surface area contributed by atoms with Crippen molar-refractivity contribution in [1.82, 2.24) is 30.2 Å². The van der Waals surface area contributed by atoms with Gasteiger partial charge < -0.3 is 25.1 Å². The number of rotatable bonds is 7. The van der Waals surface area contributed by atoms with Gasteiger partial charge in [-0.1, -0.05) is 12.1 Å². The number of amides is 4. The highest BCUT2D eigenvalue weighted by Crippen LogP contribution is 2.38. The Morgan fingerprint density at radius 1 is 0.836 bits per heavy atom. The van der Waals surface area contributed by atoms with Crippen LogP contribution in [0.1, 0.15) is 59.2 Å². The number of anilines is 3. The van der Waals surface area contributed by atoms with E-state index in [0.717, 1.165) is 80.7 Å². The molecule has 1 unspecified atom stereocenters. The van der Waals surface area contributed by atoms with Gasteiger partial charge in [0.15, 0.2) is 5.82 Å². The van der Waals surface area contributed by atoms with Gasteiger partial charge in [0.2, 0.25) is 11.8 Å². The van der Waals surface area contributed by atoms with Crippen LogP contribution in [-0.2, 0) is 9.59 Å². The summed E-state index contributed by atoms with van der Waals surface area (Å²) in [4.78, 5) is 60.8. The predicted octanol–water partition coefficient (Wildman–Crippen LogP) is 2.89. The van der Waals surface area contributed by atoms with Crippen LogP contribution >= 0.6 is 0 Å². The van der Waals surface area contributed by atoms with Crippen molar-refractivity contribution in [2.45, 2.75) is 56.3 Å². The van der Waals surface area contributed by atoms with E-state index in [1.165, 1.54) is 0 Å². The fraction of sp³-hybridized carbons (Fsp3) is 0.500. The van der Waals surface area contributed by atoms with Crippen molar-refractivity contribution in [3.8, 4) is 17.0 Å². The number of piperidine rings is 3. The van der Waals surface area contributed by atoms with Crippen molar-refractivity contribution in [3.05, 3.63) is 59.7 Å². The minimum atomic E-state index is -1.29. The lowest BCUT2D eigenvalue weighted by Gasteiger charge is -2.47. The van der Waals surface area contributed by atoms with Gasteiger partial charge >= 0.3 is 0 Å². The summed E-state index contributed by atoms with van der Waals surface area (Å²) in [7, 11) is 0. The first-order chi connectivity index (χ1) is 26.6. The van der Waals surface area contributed by atoms with Crippen LogP contribution in [0, 0.1) is 5.92 Å². The Balaban J connectivity index is 0.745. The van der Waals surface area contributed by atoms with Crippen LogP contribution < -0.4 is 20.4 Å². The molecular weight excluding hydrogens is 705 g/mol. The number of likely N-dealkylation sites (tertiary alicyclic amines) is 1. The van der Waals surface area contributed by atoms with Gasteiger partial charge in [0.25, 0.3) is 11.8 Å². The standard InChI is InChI=1S/C40H46FN9O5/c41-40(11-15-48(16-12-40)26-5-6-28-30(19-26)39(55)50(38(28)54)32-7-8-35(52)43-37(32)53)24-46-13-9-25(10-14-46)22-47-17-18-49-27(23-47)21-42-36-33(49)20-31(44-45-36)29-3-1-2-4-34(29)51/h1-6,19-20,25,27,32,51H,7-18,21-24H2,(H,42,45)(H,43,52,53)/t27-,32?/m0/s1. The summed E-state index contributed by atoms with van der Waals surface area (Å²) in [6.45, 7) is 7.84. The Morgan fingerprint density at radius 3 is 2.40 bits per heavy atom. The number of phenolic OH excluding ortho intramolecular Hbond substituents is 1. The molecule has 14 nitrogen and oxygen atoms in total. The van der Waals surface area contributed by atoms with Gasteiger partial charge in [0.1, 0.15) is 17.5 Å². The van der Waals surface area contributed by atoms with E-state index in [9.17, 15) is 24.3 Å². The van der Waals surface area contributed by atoms with Crippen LogP contribution in [0.25, 0.3) is 11.3 Å². The number of aromatic nitrogens is 2. The Morgan fingerprint density at radius 2 is 1.62 bits per heavy atom. The average molecular weight is 752 g/mol. The number of fused-ring (bicyclic) bond motifs is 4. The van der Waals surface area contributed by atoms with E-state index in [0.29, 0.717) is 55.7 Å². The number of phenols is 1. The molecule has 0 radical (unpaired) electrons. The zero-order valence-corrected chi connectivity index (χ0v) is 30.8. The quantitative estimate of drug-likeness (QED) is 0.304. The van der Waals surface area contributed by atoms with Gasteiger partial charge in [-0.15, -0.1) is 10.2 Å². The van der Waals surface area contributed by atoms with Crippen LogP contribution in [0.15, 0.2) is 48.5 Å². The molecule has 2 atom stereocenters. The molecule has 6 aliphatic heterocycles. The smallest absolute Gasteiger partial charge is 0.262 e. The number of hydrogen-bond acceptors (Lipinski definition) is 12. The summed E-state index contributed by atoms with van der Waals surface area (Å²) in [6.07, 6.45) is 3.03. The second-order valence-corrected chi connectivity index (χ2v) is 16.0. The number of aromatic hydroxyl groups is 1. The molecule has 4 saturated heterocycles. The number of benzene rings is 2. The van der Waals surface area contributed by atoms with E-state index < -0.39 is 35.3 Å². The largest absolute Gasteiger partial charge is 0.507 e. The van der Waals surface area contributed by atoms with Crippen LogP contribution in [0.4, 0.5) is 21.6 Å². The molecule has 0 aliphatic carbocycles. The molecule has 0 bridgehead atoms. The monoisotopic (exact) mass is 751 g/mol. The number of para-hydroxylation sites is 1. The highest BCUT2D eigenvalue weighted by molar-refractivity contribution is 6.23. The fourth-order valence-electron chi connectivity index (χ4n) is 9.41. The Kier molecular flexibility index (Phi) is 9.16. The second kappa shape index (κ2) is 14.2. The summed E-state index contributed by atoms with van der Waals surface area (Å²) in [5, 5.41) is 24.9. The SMILES string of the molecule is O=C1CCC(N2C(=O)c3ccc(N4CCC(F)(CN5CCC(CN6CCN7c8cc(-c9ccccc9O)nnc8NC[C@H]7C6)CC5)CC4)cc3C2=O)C(=O)N1. The van der Waals surface area contributed by atoms with Crippen LogP contribution in [0.3, 0.4) is 0 Å². The molecular formula is C40H46FN9O5. The Bertz CT molecular complexity index is 2030. The first kappa shape index (κ1) is 35.5. The highest BCUT2D eigenvalue weighted by Gasteiger charge is 2.45. The molecule has 4 fully saturated rings. The lowest BCUT2D eigenvalue weighted by atomic mass is 9.89. The third-order valence-corrected chi connectivity index (χ3v) is 12.5. The predicted molar refractivity (Wildman–Crippen MR) is 203 cm³/mol. The minimum Gasteiger partial charge on any atom is -0.507 e. The van der Waals surface area contributed by atoms with E-state index in [1.807, 2.05) is 18.2 Å². The average Bonchev–Trinajstić information content (AvgIpc) is 3.43. The number of nitrogens with zero attached hydrogens (tertiary/aromatic N) is 7. The molecule has 7 heterocycles. The maximum absolute atomic E-state index is 16.3. The maximum Gasteiger partial charge on any atom is 0.262 e. The normalized spacial score (nSPS) is 24.6. The van der Waals surface area contributed by atoms with Gasteiger partial charge in [0, 0.05) is 82.9 Å². The van der Waals surface area contributed by atoms with E-state index in [1.54, 1.807) is 30.3 Å². The van der Waals surface area contributed by atoms with Crippen molar-refractivity contribution >= 4 is 40.8 Å². The molecule has 2 aromatic carbocycles. The van der Waals surface area contributed by atoms with Crippen molar-refractivity contribution in [2.75, 3.05) is 80.6 Å². The van der Waals surface area contributed by atoms with Gasteiger partial charge in [0.05, 0.1) is 28.6 Å². The molecule has 3 aromatic rings. The van der Waals surface area contributed by atoms with E-state index >= 15 is 4.39 Å². The van der Waals surface area contributed by atoms with Crippen molar-refractivity contribution in [3.63, 3.8) is 0 Å². The van der Waals surface area contributed by atoms with E-state index in [2.05, 4.69) is 40.4 Å². The topological polar surface area (TPSA) is 155 Å². The number of hydrogen-bond donors (Lipinski definition) is 3. The van der Waals surface area contributed by atoms with Gasteiger partial charge in [-0.25, -0.2) is 4.39 Å². The molecule has 288 valence electrons. The number of nitrogens with one attached hydrogen (secondary N) is 2. The van der Waals surface area contributed by atoms with E-state index in [-0.39, 0.29) is 29.7 Å². The third kappa shape index (κ3) is 6.77. The van der Waals surface area contributed by atoms with Gasteiger partial charge in [-0.2, -0.15) is 0 Å². The summed E-state index contributed by atoms with van der Waals surface area (Å²) < 4.78 is 16.3. The zero-order chi connectivity index (χ0) is 37.8. The number of halogens is 1. The van der Waals surface area contributed by atoms with Gasteiger partial charge in [-0.05, 0) is 74.7 Å². The van der Waals surface area contributed by atoms with Crippen molar-refractivity contribution in [2.24, 2.45) is 5.92 Å². The lowest BCUT2D eigenvalue weighted by Crippen LogP contribution is -2.58. The number of carbonyl (C=O) groups is 4. The number of piperazine rings is 1. The van der Waals surface area contributed by atoms with Crippen molar-refractivity contribution < 1.29 is 28.7 Å². The number of carbonyl (C=O) groups excluding carboxylic acids is 4. The second-order valence-electron chi connectivity index (χ2n) is 16.0. The number of imide groups is 2. The summed E-state index contributed by atoms with van der Waals surface area (Å²) in [5.41, 5.74) is 2.31. The third-order valence-electron chi connectivity index (χ3n) is 12.5. The van der Waals surface area contributed by atoms with E-state index in [4.69, 9.17) is 0 Å². The molecule has 15 heteroatoms. The van der Waals surface area contributed by atoms with Crippen LogP contribution in [-0.4, -0.2) is 137 Å².